The molecule has 2 heterocycles. The number of hydrogen-bond donors (Lipinski definition) is 0. The summed E-state index contributed by atoms with van der Waals surface area (Å²) in [6.07, 6.45) is 10.6. The molecule has 24 heavy (non-hydrogen) atoms. The van der Waals surface area contributed by atoms with Gasteiger partial charge in [0.15, 0.2) is 0 Å². The van der Waals surface area contributed by atoms with Crippen molar-refractivity contribution in [2.75, 3.05) is 11.4 Å². The van der Waals surface area contributed by atoms with E-state index in [0.717, 1.165) is 17.5 Å². The van der Waals surface area contributed by atoms with Gasteiger partial charge in [-0.25, -0.2) is 0 Å². The molecule has 1 aliphatic carbocycles. The van der Waals surface area contributed by atoms with E-state index in [1.54, 1.807) is 11.3 Å². The molecule has 0 spiro atoms. The van der Waals surface area contributed by atoms with E-state index >= 15 is 0 Å². The number of hydrogen-bond acceptors (Lipinski definition) is 3. The largest absolute Gasteiger partial charge is 0.340 e. The van der Waals surface area contributed by atoms with Crippen LogP contribution in [-0.2, 0) is 0 Å². The van der Waals surface area contributed by atoms with E-state index in [-0.39, 0.29) is 0 Å². The number of thiophene rings is 1. The Labute approximate surface area is 152 Å². The van der Waals surface area contributed by atoms with E-state index in [1.807, 2.05) is 18.5 Å². The molecule has 2 aromatic heterocycles. The summed E-state index contributed by atoms with van der Waals surface area (Å²) < 4.78 is 1.25. The number of anilines is 2. The first kappa shape index (κ1) is 15.9. The van der Waals surface area contributed by atoms with Crippen LogP contribution >= 0.6 is 22.9 Å². The third-order valence-corrected chi connectivity index (χ3v) is 6.12. The third kappa shape index (κ3) is 3.28. The molecule has 3 aromatic rings. The molecule has 1 fully saturated rings. The zero-order valence-corrected chi connectivity index (χ0v) is 15.2. The average Bonchev–Trinajstić information content (AvgIpc) is 3.04. The van der Waals surface area contributed by atoms with Crippen LogP contribution in [0.1, 0.15) is 32.1 Å². The van der Waals surface area contributed by atoms with E-state index in [2.05, 4.69) is 39.5 Å². The molecule has 0 aliphatic heterocycles. The van der Waals surface area contributed by atoms with Crippen LogP contribution in [0.15, 0.2) is 48.1 Å². The fourth-order valence-corrected chi connectivity index (χ4v) is 4.92. The van der Waals surface area contributed by atoms with Crippen LogP contribution in [0.25, 0.3) is 10.1 Å². The van der Waals surface area contributed by atoms with Crippen molar-refractivity contribution in [1.82, 2.24) is 4.98 Å². The lowest BCUT2D eigenvalue weighted by atomic mass is 9.88. The first-order valence-corrected chi connectivity index (χ1v) is 9.91. The highest BCUT2D eigenvalue weighted by Gasteiger charge is 2.21. The van der Waals surface area contributed by atoms with Crippen molar-refractivity contribution in [2.24, 2.45) is 5.92 Å². The van der Waals surface area contributed by atoms with Crippen LogP contribution in [0.5, 0.6) is 0 Å². The van der Waals surface area contributed by atoms with Crippen LogP contribution in [0.3, 0.4) is 0 Å². The highest BCUT2D eigenvalue weighted by Crippen LogP contribution is 2.39. The molecule has 0 N–H and O–H groups in total. The van der Waals surface area contributed by atoms with Crippen LogP contribution < -0.4 is 4.90 Å². The van der Waals surface area contributed by atoms with Crippen LogP contribution in [0, 0.1) is 5.92 Å². The lowest BCUT2D eigenvalue weighted by molar-refractivity contribution is 0.365. The molecule has 4 rings (SSSR count). The molecule has 1 saturated carbocycles. The Hall–Kier alpha value is -1.58. The third-order valence-electron chi connectivity index (χ3n) is 4.95. The molecular formula is C20H21ClN2S. The summed E-state index contributed by atoms with van der Waals surface area (Å²) in [7, 11) is 0. The van der Waals surface area contributed by atoms with Gasteiger partial charge in [0, 0.05) is 45.1 Å². The van der Waals surface area contributed by atoms with Crippen LogP contribution in [0.4, 0.5) is 11.4 Å². The van der Waals surface area contributed by atoms with E-state index in [4.69, 9.17) is 11.6 Å². The lowest BCUT2D eigenvalue weighted by Crippen LogP contribution is -2.26. The number of rotatable bonds is 4. The minimum atomic E-state index is 0.772. The van der Waals surface area contributed by atoms with Crippen molar-refractivity contribution in [3.63, 3.8) is 0 Å². The van der Waals surface area contributed by atoms with Gasteiger partial charge in [-0.15, -0.1) is 11.3 Å². The topological polar surface area (TPSA) is 16.1 Å². The number of benzene rings is 1. The van der Waals surface area contributed by atoms with Gasteiger partial charge in [0.25, 0.3) is 0 Å². The Bertz CT molecular complexity index is 809. The Morgan fingerprint density at radius 3 is 2.67 bits per heavy atom. The second-order valence-corrected chi connectivity index (χ2v) is 7.93. The first-order chi connectivity index (χ1) is 11.8. The molecule has 4 heteroatoms. The van der Waals surface area contributed by atoms with Gasteiger partial charge in [0.05, 0.1) is 5.69 Å². The van der Waals surface area contributed by atoms with Gasteiger partial charge in [-0.2, -0.15) is 0 Å². The molecule has 0 saturated heterocycles. The minimum Gasteiger partial charge on any atom is -0.340 e. The van der Waals surface area contributed by atoms with Gasteiger partial charge in [0.1, 0.15) is 0 Å². The summed E-state index contributed by atoms with van der Waals surface area (Å²) >= 11 is 7.94. The zero-order chi connectivity index (χ0) is 16.4. The van der Waals surface area contributed by atoms with Crippen molar-refractivity contribution in [3.05, 3.63) is 53.1 Å². The monoisotopic (exact) mass is 356 g/mol. The summed E-state index contributed by atoms with van der Waals surface area (Å²) in [6, 6.07) is 10.4. The molecule has 0 atom stereocenters. The van der Waals surface area contributed by atoms with Gasteiger partial charge in [0.2, 0.25) is 0 Å². The summed E-state index contributed by atoms with van der Waals surface area (Å²) in [5, 5.41) is 4.36. The van der Waals surface area contributed by atoms with Gasteiger partial charge in [-0.1, -0.05) is 30.9 Å². The first-order valence-electron chi connectivity index (χ1n) is 8.65. The maximum atomic E-state index is 6.16. The Kier molecular flexibility index (Phi) is 4.72. The molecular weight excluding hydrogens is 336 g/mol. The van der Waals surface area contributed by atoms with Gasteiger partial charge in [-0.05, 0) is 49.1 Å². The predicted octanol–water partition coefficient (Wildman–Crippen LogP) is 6.67. The molecule has 0 unspecified atom stereocenters. The second-order valence-electron chi connectivity index (χ2n) is 6.58. The Morgan fingerprint density at radius 1 is 1.08 bits per heavy atom. The predicted molar refractivity (Wildman–Crippen MR) is 105 cm³/mol. The smallest absolute Gasteiger partial charge is 0.0599 e. The molecule has 2 nitrogen and oxygen atoms in total. The van der Waals surface area contributed by atoms with Gasteiger partial charge >= 0.3 is 0 Å². The van der Waals surface area contributed by atoms with Crippen molar-refractivity contribution in [2.45, 2.75) is 32.1 Å². The Balaban J connectivity index is 1.73. The maximum absolute atomic E-state index is 6.16. The number of nitrogens with zero attached hydrogens (tertiary/aromatic N) is 2. The van der Waals surface area contributed by atoms with Gasteiger partial charge in [-0.3, -0.25) is 4.98 Å². The van der Waals surface area contributed by atoms with E-state index < -0.39 is 0 Å². The van der Waals surface area contributed by atoms with Crippen molar-refractivity contribution in [3.8, 4) is 0 Å². The summed E-state index contributed by atoms with van der Waals surface area (Å²) in [5.74, 6) is 0.772. The van der Waals surface area contributed by atoms with E-state index in [0.29, 0.717) is 0 Å². The number of fused-ring (bicyclic) bond motifs is 1. The van der Waals surface area contributed by atoms with E-state index in [9.17, 15) is 0 Å². The quantitative estimate of drug-likeness (QED) is 0.519. The molecule has 0 radical (unpaired) electrons. The minimum absolute atomic E-state index is 0.772. The normalized spacial score (nSPS) is 15.7. The lowest BCUT2D eigenvalue weighted by Gasteiger charge is -2.31. The molecule has 1 aromatic carbocycles. The van der Waals surface area contributed by atoms with E-state index in [1.165, 1.54) is 53.6 Å². The van der Waals surface area contributed by atoms with Crippen molar-refractivity contribution in [1.29, 1.82) is 0 Å². The average molecular weight is 357 g/mol. The fraction of sp³-hybridized carbons (Fsp3) is 0.350. The number of pyridine rings is 1. The zero-order valence-electron chi connectivity index (χ0n) is 13.6. The highest BCUT2D eigenvalue weighted by molar-refractivity contribution is 7.17. The van der Waals surface area contributed by atoms with Crippen LogP contribution in [0.2, 0.25) is 5.02 Å². The molecule has 0 bridgehead atoms. The van der Waals surface area contributed by atoms with Crippen molar-refractivity contribution >= 4 is 44.4 Å². The van der Waals surface area contributed by atoms with Crippen molar-refractivity contribution < 1.29 is 0 Å². The summed E-state index contributed by atoms with van der Waals surface area (Å²) in [6.45, 7) is 1.08. The van der Waals surface area contributed by atoms with Gasteiger partial charge < -0.3 is 4.90 Å². The highest BCUT2D eigenvalue weighted by atomic mass is 35.5. The second kappa shape index (κ2) is 7.12. The molecule has 1 aliphatic rings. The SMILES string of the molecule is Clc1ccc2c(N(CC3CCCCC3)c3ccncc3)csc2c1. The Morgan fingerprint density at radius 2 is 1.88 bits per heavy atom. The molecule has 124 valence electrons. The fourth-order valence-electron chi connectivity index (χ4n) is 3.69. The summed E-state index contributed by atoms with van der Waals surface area (Å²) in [4.78, 5) is 6.66. The number of halogens is 1. The molecule has 0 amide bonds. The summed E-state index contributed by atoms with van der Waals surface area (Å²) in [5.41, 5.74) is 2.52. The number of aromatic nitrogens is 1. The standard InChI is InChI=1S/C20H21ClN2S/c21-16-6-7-18-19(14-24-20(18)12-16)23(17-8-10-22-11-9-17)13-15-4-2-1-3-5-15/h6-12,14-15H,1-5,13H2. The maximum Gasteiger partial charge on any atom is 0.0599 e. The van der Waals surface area contributed by atoms with Crippen LogP contribution in [-0.4, -0.2) is 11.5 Å².